The van der Waals surface area contributed by atoms with Crippen molar-refractivity contribution in [3.63, 3.8) is 0 Å². The maximum atomic E-state index is 14.6. The number of hydrogen-bond donors (Lipinski definition) is 2. The molecular formula is C15H22FN3O3S. The molecule has 0 aliphatic rings. The summed E-state index contributed by atoms with van der Waals surface area (Å²) in [6, 6.07) is 2.66. The molecule has 0 bridgehead atoms. The van der Waals surface area contributed by atoms with Crippen LogP contribution < -0.4 is 11.5 Å². The van der Waals surface area contributed by atoms with Gasteiger partial charge >= 0.3 is 0 Å². The summed E-state index contributed by atoms with van der Waals surface area (Å²) in [4.78, 5) is 14.6. The van der Waals surface area contributed by atoms with E-state index in [9.17, 15) is 17.6 Å². The van der Waals surface area contributed by atoms with Gasteiger partial charge in [0.25, 0.3) is 5.91 Å². The summed E-state index contributed by atoms with van der Waals surface area (Å²) in [6.07, 6.45) is 5.08. The number of aryl methyl sites for hydroxylation is 1. The molecule has 0 spiro atoms. The van der Waals surface area contributed by atoms with E-state index < -0.39 is 38.0 Å². The Kier molecular flexibility index (Phi) is 6.68. The lowest BCUT2D eigenvalue weighted by Crippen LogP contribution is -2.24. The fraction of sp³-hybridized carbons (Fsp3) is 0.467. The van der Waals surface area contributed by atoms with E-state index in [-0.39, 0.29) is 0 Å². The highest BCUT2D eigenvalue weighted by molar-refractivity contribution is 7.90. The molecule has 0 unspecified atom stereocenters. The van der Waals surface area contributed by atoms with Gasteiger partial charge in [0.1, 0.15) is 4.90 Å². The van der Waals surface area contributed by atoms with E-state index >= 15 is 0 Å². The van der Waals surface area contributed by atoms with Crippen molar-refractivity contribution in [3.8, 4) is 0 Å². The van der Waals surface area contributed by atoms with E-state index in [1.165, 1.54) is 12.1 Å². The highest BCUT2D eigenvalue weighted by Gasteiger charge is 2.24. The van der Waals surface area contributed by atoms with Crippen LogP contribution in [-0.2, 0) is 16.3 Å². The van der Waals surface area contributed by atoms with Crippen molar-refractivity contribution in [1.29, 1.82) is 0 Å². The van der Waals surface area contributed by atoms with Crippen LogP contribution >= 0.6 is 0 Å². The normalized spacial score (nSPS) is 11.3. The summed E-state index contributed by atoms with van der Waals surface area (Å²) >= 11 is 0. The Hall–Kier alpha value is -1.96. The lowest BCUT2D eigenvalue weighted by atomic mass is 10.0. The first-order valence-electron chi connectivity index (χ1n) is 7.33. The number of carbonyl (C=O) groups is 1. The molecule has 8 heteroatoms. The predicted molar refractivity (Wildman–Crippen MR) is 87.5 cm³/mol. The first-order chi connectivity index (χ1) is 10.7. The predicted octanol–water partition coefficient (Wildman–Crippen LogP) is 1.77. The van der Waals surface area contributed by atoms with Crippen molar-refractivity contribution < 1.29 is 17.6 Å². The smallest absolute Gasteiger partial charge is 0.283 e. The van der Waals surface area contributed by atoms with E-state index in [2.05, 4.69) is 11.9 Å². The molecule has 1 amide bonds. The second kappa shape index (κ2) is 8.05. The second-order valence-corrected chi connectivity index (χ2v) is 7.29. The first kappa shape index (κ1) is 19.1. The molecule has 0 aliphatic heterocycles. The molecule has 0 aromatic heterocycles. The first-order valence-corrected chi connectivity index (χ1v) is 9.23. The molecular weight excluding hydrogens is 321 g/mol. The van der Waals surface area contributed by atoms with Gasteiger partial charge in [-0.15, -0.1) is 0 Å². The number of benzene rings is 1. The van der Waals surface area contributed by atoms with Crippen LogP contribution in [0, 0.1) is 5.82 Å². The summed E-state index contributed by atoms with van der Waals surface area (Å²) in [5.74, 6) is -2.63. The number of guanidine groups is 1. The third-order valence-corrected chi connectivity index (χ3v) is 4.49. The van der Waals surface area contributed by atoms with Gasteiger partial charge < -0.3 is 11.5 Å². The van der Waals surface area contributed by atoms with Gasteiger partial charge in [-0.05, 0) is 24.5 Å². The Morgan fingerprint density at radius 1 is 1.22 bits per heavy atom. The number of amides is 1. The minimum Gasteiger partial charge on any atom is -0.370 e. The molecule has 1 rings (SSSR count). The lowest BCUT2D eigenvalue weighted by molar-refractivity contribution is 0.0998. The number of nitrogens with two attached hydrogens (primary N) is 2. The zero-order chi connectivity index (χ0) is 17.6. The van der Waals surface area contributed by atoms with E-state index in [0.717, 1.165) is 31.9 Å². The molecule has 0 heterocycles. The number of hydrogen-bond acceptors (Lipinski definition) is 3. The van der Waals surface area contributed by atoms with Crippen molar-refractivity contribution in [2.45, 2.75) is 43.9 Å². The fourth-order valence-electron chi connectivity index (χ4n) is 2.28. The molecule has 1 aromatic rings. The summed E-state index contributed by atoms with van der Waals surface area (Å²) < 4.78 is 38.4. The molecule has 0 saturated heterocycles. The van der Waals surface area contributed by atoms with Crippen molar-refractivity contribution in [2.24, 2.45) is 16.5 Å². The van der Waals surface area contributed by atoms with Crippen LogP contribution in [-0.4, -0.2) is 26.5 Å². The van der Waals surface area contributed by atoms with Crippen molar-refractivity contribution in [1.82, 2.24) is 0 Å². The van der Waals surface area contributed by atoms with Gasteiger partial charge in [-0.1, -0.05) is 32.3 Å². The van der Waals surface area contributed by atoms with Crippen molar-refractivity contribution in [3.05, 3.63) is 29.1 Å². The largest absolute Gasteiger partial charge is 0.370 e. The molecule has 0 radical (unpaired) electrons. The van der Waals surface area contributed by atoms with E-state index in [1.54, 1.807) is 0 Å². The fourth-order valence-corrected chi connectivity index (χ4v) is 3.36. The highest BCUT2D eigenvalue weighted by atomic mass is 32.2. The topological polar surface area (TPSA) is 116 Å². The minimum atomic E-state index is -3.83. The number of sulfone groups is 1. The highest BCUT2D eigenvalue weighted by Crippen LogP contribution is 2.25. The molecule has 0 saturated carbocycles. The number of carbonyl (C=O) groups excluding carboxylic acids is 1. The van der Waals surface area contributed by atoms with Gasteiger partial charge in [0.05, 0.1) is 5.56 Å². The van der Waals surface area contributed by atoms with Crippen LogP contribution in [0.5, 0.6) is 0 Å². The quantitative estimate of drug-likeness (QED) is 0.445. The van der Waals surface area contributed by atoms with Gasteiger partial charge in [-0.2, -0.15) is 4.99 Å². The van der Waals surface area contributed by atoms with Crippen molar-refractivity contribution in [2.75, 3.05) is 6.26 Å². The van der Waals surface area contributed by atoms with Crippen LogP contribution in [0.4, 0.5) is 4.39 Å². The molecule has 0 fully saturated rings. The SMILES string of the molecule is CCCCCCc1ccc(C(=O)N=C(N)N)c(F)c1S(C)(=O)=O. The summed E-state index contributed by atoms with van der Waals surface area (Å²) in [5.41, 5.74) is 10.1. The summed E-state index contributed by atoms with van der Waals surface area (Å²) in [6.45, 7) is 2.06. The van der Waals surface area contributed by atoms with E-state index in [4.69, 9.17) is 11.5 Å². The number of unbranched alkanes of at least 4 members (excludes halogenated alkanes) is 3. The molecule has 0 aliphatic carbocycles. The Bertz CT molecular complexity index is 711. The molecule has 23 heavy (non-hydrogen) atoms. The Morgan fingerprint density at radius 3 is 2.39 bits per heavy atom. The van der Waals surface area contributed by atoms with Crippen LogP contribution in [0.25, 0.3) is 0 Å². The molecule has 1 aromatic carbocycles. The Morgan fingerprint density at radius 2 is 1.87 bits per heavy atom. The van der Waals surface area contributed by atoms with Gasteiger partial charge in [0.2, 0.25) is 0 Å². The summed E-state index contributed by atoms with van der Waals surface area (Å²) in [7, 11) is -3.83. The average molecular weight is 343 g/mol. The lowest BCUT2D eigenvalue weighted by Gasteiger charge is -2.11. The molecule has 4 N–H and O–H groups in total. The second-order valence-electron chi connectivity index (χ2n) is 5.34. The van der Waals surface area contributed by atoms with Gasteiger partial charge in [-0.25, -0.2) is 12.8 Å². The van der Waals surface area contributed by atoms with Gasteiger partial charge in [0.15, 0.2) is 21.6 Å². The third kappa shape index (κ3) is 5.31. The zero-order valence-corrected chi connectivity index (χ0v) is 14.1. The van der Waals surface area contributed by atoms with Gasteiger partial charge in [-0.3, -0.25) is 4.79 Å². The number of aliphatic imine (C=N–C) groups is 1. The van der Waals surface area contributed by atoms with E-state index in [1.807, 2.05) is 0 Å². The molecule has 6 nitrogen and oxygen atoms in total. The number of rotatable bonds is 7. The third-order valence-electron chi connectivity index (χ3n) is 3.31. The van der Waals surface area contributed by atoms with Crippen LogP contribution in [0.1, 0.15) is 48.5 Å². The maximum Gasteiger partial charge on any atom is 0.283 e. The summed E-state index contributed by atoms with van der Waals surface area (Å²) in [5, 5.41) is 0. The van der Waals surface area contributed by atoms with Crippen molar-refractivity contribution >= 4 is 21.7 Å². The maximum absolute atomic E-state index is 14.6. The van der Waals surface area contributed by atoms with Gasteiger partial charge in [0, 0.05) is 6.26 Å². The van der Waals surface area contributed by atoms with E-state index in [0.29, 0.717) is 12.0 Å². The molecule has 0 atom stereocenters. The Balaban J connectivity index is 3.27. The minimum absolute atomic E-state index is 0.363. The average Bonchev–Trinajstić information content (AvgIpc) is 2.41. The zero-order valence-electron chi connectivity index (χ0n) is 13.3. The van der Waals surface area contributed by atoms with Crippen LogP contribution in [0.2, 0.25) is 0 Å². The van der Waals surface area contributed by atoms with Crippen LogP contribution in [0.3, 0.4) is 0 Å². The Labute approximate surface area is 135 Å². The number of nitrogens with zero attached hydrogens (tertiary/aromatic N) is 1. The molecule has 128 valence electrons. The number of halogens is 1. The monoisotopic (exact) mass is 343 g/mol. The van der Waals surface area contributed by atoms with Crippen LogP contribution in [0.15, 0.2) is 22.0 Å². The standard InChI is InChI=1S/C15H22FN3O3S/c1-3-4-5-6-7-10-8-9-11(14(20)19-15(17)18)12(16)13(10)23(2,21)22/h8-9H,3-7H2,1-2H3,(H4,17,18,19,20).